The second-order valence-corrected chi connectivity index (χ2v) is 16.0. The molecule has 15 nitrogen and oxygen atoms in total. The van der Waals surface area contributed by atoms with E-state index in [1.807, 2.05) is 36.4 Å². The van der Waals surface area contributed by atoms with Crippen molar-refractivity contribution in [3.8, 4) is 0 Å². The SMILES string of the molecule is CNC(=O)[C@@H](NC(=O)[C@@H]1CCCCCC=CCC(C(O)C(=O)NC2CC2)NC(=O)N2C[C@@H](OC(=O)N3CCc4ccccc4C3)C[C@@H]2C(=O)N1)C1CCCCC1. The van der Waals surface area contributed by atoms with Gasteiger partial charge in [-0.2, -0.15) is 0 Å². The average molecular weight is 778 g/mol. The third kappa shape index (κ3) is 10.8. The van der Waals surface area contributed by atoms with Gasteiger partial charge in [-0.25, -0.2) is 9.59 Å². The molecular formula is C41H59N7O8. The van der Waals surface area contributed by atoms with Crippen LogP contribution in [0.25, 0.3) is 0 Å². The molecule has 0 bridgehead atoms. The summed E-state index contributed by atoms with van der Waals surface area (Å²) in [6.45, 7) is 0.715. The minimum absolute atomic E-state index is 0.00418. The number of urea groups is 1. The number of carbonyl (C=O) groups excluding carboxylic acids is 6. The molecule has 2 aliphatic carbocycles. The van der Waals surface area contributed by atoms with E-state index in [0.29, 0.717) is 38.8 Å². The highest BCUT2D eigenvalue weighted by Gasteiger charge is 2.44. The maximum Gasteiger partial charge on any atom is 0.410 e. The van der Waals surface area contributed by atoms with Crippen molar-refractivity contribution in [3.63, 3.8) is 0 Å². The van der Waals surface area contributed by atoms with Crippen LogP contribution in [0.3, 0.4) is 0 Å². The van der Waals surface area contributed by atoms with Crippen molar-refractivity contribution < 1.29 is 38.6 Å². The van der Waals surface area contributed by atoms with Gasteiger partial charge in [-0.1, -0.05) is 68.5 Å². The first kappa shape index (κ1) is 41.0. The normalized spacial score (nSPS) is 26.4. The number of nitrogens with zero attached hydrogens (tertiary/aromatic N) is 2. The summed E-state index contributed by atoms with van der Waals surface area (Å²) < 4.78 is 5.95. The van der Waals surface area contributed by atoms with Gasteiger partial charge in [-0.05, 0) is 74.8 Å². The Labute approximate surface area is 329 Å². The van der Waals surface area contributed by atoms with Crippen LogP contribution in [0, 0.1) is 5.92 Å². The van der Waals surface area contributed by atoms with Crippen LogP contribution in [-0.4, -0.2) is 113 Å². The zero-order chi connectivity index (χ0) is 39.6. The maximum absolute atomic E-state index is 14.3. The molecule has 3 heterocycles. The number of hydrogen-bond donors (Lipinski definition) is 6. The molecular weight excluding hydrogens is 718 g/mol. The van der Waals surface area contributed by atoms with Gasteiger partial charge in [0.1, 0.15) is 24.2 Å². The third-order valence-corrected chi connectivity index (χ3v) is 11.9. The molecule has 2 unspecified atom stereocenters. The van der Waals surface area contributed by atoms with Gasteiger partial charge in [0, 0.05) is 32.6 Å². The van der Waals surface area contributed by atoms with E-state index in [1.54, 1.807) is 11.9 Å². The molecule has 15 heteroatoms. The molecule has 56 heavy (non-hydrogen) atoms. The number of amides is 7. The summed E-state index contributed by atoms with van der Waals surface area (Å²) in [5, 5.41) is 25.3. The van der Waals surface area contributed by atoms with E-state index in [9.17, 15) is 33.9 Å². The van der Waals surface area contributed by atoms with Gasteiger partial charge in [0.25, 0.3) is 5.91 Å². The Morgan fingerprint density at radius 1 is 0.893 bits per heavy atom. The van der Waals surface area contributed by atoms with Crippen LogP contribution in [0.2, 0.25) is 0 Å². The predicted octanol–water partition coefficient (Wildman–Crippen LogP) is 2.55. The lowest BCUT2D eigenvalue weighted by Crippen LogP contribution is -2.59. The number of aliphatic hydroxyl groups excluding tert-OH is 1. The average Bonchev–Trinajstić information content (AvgIpc) is 3.93. The lowest BCUT2D eigenvalue weighted by Gasteiger charge is -2.32. The Hall–Kier alpha value is -4.66. The molecule has 2 saturated carbocycles. The lowest BCUT2D eigenvalue weighted by atomic mass is 9.83. The number of ether oxygens (including phenoxy) is 1. The van der Waals surface area contributed by atoms with E-state index in [-0.39, 0.29) is 37.3 Å². The molecule has 306 valence electrons. The van der Waals surface area contributed by atoms with Crippen molar-refractivity contribution in [2.45, 2.75) is 145 Å². The molecule has 6 N–H and O–H groups in total. The smallest absolute Gasteiger partial charge is 0.410 e. The van der Waals surface area contributed by atoms with Gasteiger partial charge in [0.15, 0.2) is 6.10 Å². The second kappa shape index (κ2) is 19.5. The molecule has 1 saturated heterocycles. The summed E-state index contributed by atoms with van der Waals surface area (Å²) >= 11 is 0. The number of benzene rings is 1. The molecule has 1 aromatic carbocycles. The van der Waals surface area contributed by atoms with Crippen molar-refractivity contribution in [3.05, 3.63) is 47.5 Å². The van der Waals surface area contributed by atoms with Crippen molar-refractivity contribution in [2.24, 2.45) is 5.92 Å². The highest BCUT2D eigenvalue weighted by molar-refractivity contribution is 5.94. The van der Waals surface area contributed by atoms with Crippen LogP contribution in [0.15, 0.2) is 36.4 Å². The number of allylic oxidation sites excluding steroid dienone is 1. The van der Waals surface area contributed by atoms with Crippen LogP contribution < -0.4 is 26.6 Å². The monoisotopic (exact) mass is 777 g/mol. The number of fused-ring (bicyclic) bond motifs is 2. The van der Waals surface area contributed by atoms with E-state index < -0.39 is 66.2 Å². The summed E-state index contributed by atoms with van der Waals surface area (Å²) in [6, 6.07) is 3.34. The summed E-state index contributed by atoms with van der Waals surface area (Å²) in [4.78, 5) is 84.7. The molecule has 0 spiro atoms. The van der Waals surface area contributed by atoms with Gasteiger partial charge < -0.3 is 46.2 Å². The van der Waals surface area contributed by atoms with Crippen LogP contribution in [0.5, 0.6) is 0 Å². The molecule has 5 aliphatic rings. The number of hydrogen-bond acceptors (Lipinski definition) is 8. The van der Waals surface area contributed by atoms with E-state index in [1.165, 1.54) is 10.5 Å². The Bertz CT molecular complexity index is 1610. The maximum atomic E-state index is 14.3. The number of rotatable bonds is 8. The largest absolute Gasteiger partial charge is 0.444 e. The Morgan fingerprint density at radius 3 is 2.38 bits per heavy atom. The van der Waals surface area contributed by atoms with E-state index in [2.05, 4.69) is 26.6 Å². The first-order chi connectivity index (χ1) is 27.1. The molecule has 0 radical (unpaired) electrons. The Morgan fingerprint density at radius 2 is 1.62 bits per heavy atom. The molecule has 1 aromatic rings. The van der Waals surface area contributed by atoms with Gasteiger partial charge in [-0.15, -0.1) is 0 Å². The standard InChI is InChI=1S/C41H59N7O8/c1-42-38(52)34(27-14-7-6-8-15-27)46-36(50)32-18-10-5-3-2-4-9-17-31(35(49)39(53)43-29-19-20-29)45-40(54)48-25-30(23-33(48)37(51)44-32)56-41(55)47-22-21-26-13-11-12-16-28(26)24-47/h4,9,11-13,16,27,29-35,49H,2-3,5-8,10,14-15,17-25H2,1H3,(H,42,52)(H,43,53)(H,44,51)(H,45,54)(H,46,50)/t30-,31?,32-,33+,34-,35?/m0/s1. The summed E-state index contributed by atoms with van der Waals surface area (Å²) in [5.74, 6) is -1.95. The van der Waals surface area contributed by atoms with Crippen LogP contribution in [0.4, 0.5) is 9.59 Å². The van der Waals surface area contributed by atoms with Gasteiger partial charge >= 0.3 is 12.1 Å². The molecule has 3 fully saturated rings. The first-order valence-corrected chi connectivity index (χ1v) is 20.7. The molecule has 6 atom stereocenters. The number of aliphatic hydroxyl groups is 1. The number of likely N-dealkylation sites (N-methyl/N-ethyl adjacent to an activating group) is 1. The Balaban J connectivity index is 1.21. The quantitative estimate of drug-likeness (QED) is 0.217. The van der Waals surface area contributed by atoms with Gasteiger partial charge in [0.05, 0.1) is 12.6 Å². The topological polar surface area (TPSA) is 199 Å². The highest BCUT2D eigenvalue weighted by Crippen LogP contribution is 2.28. The number of carbonyl (C=O) groups is 6. The fourth-order valence-corrected chi connectivity index (χ4v) is 8.39. The lowest BCUT2D eigenvalue weighted by molar-refractivity contribution is -0.134. The van der Waals surface area contributed by atoms with Crippen molar-refractivity contribution in [2.75, 3.05) is 20.1 Å². The minimum atomic E-state index is -1.54. The predicted molar refractivity (Wildman–Crippen MR) is 207 cm³/mol. The summed E-state index contributed by atoms with van der Waals surface area (Å²) in [6.07, 6.45) is 11.2. The Kier molecular flexibility index (Phi) is 14.2. The first-order valence-electron chi connectivity index (χ1n) is 20.7. The van der Waals surface area contributed by atoms with Crippen molar-refractivity contribution in [1.82, 2.24) is 36.4 Å². The third-order valence-electron chi connectivity index (χ3n) is 11.9. The van der Waals surface area contributed by atoms with Gasteiger partial charge in [-0.3, -0.25) is 19.2 Å². The summed E-state index contributed by atoms with van der Waals surface area (Å²) in [5.41, 5.74) is 2.20. The zero-order valence-electron chi connectivity index (χ0n) is 32.5. The fraction of sp³-hybridized carbons (Fsp3) is 0.659. The minimum Gasteiger partial charge on any atom is -0.444 e. The van der Waals surface area contributed by atoms with Crippen molar-refractivity contribution >= 4 is 35.8 Å². The van der Waals surface area contributed by atoms with Crippen LogP contribution in [0.1, 0.15) is 101 Å². The van der Waals surface area contributed by atoms with E-state index in [0.717, 1.165) is 63.4 Å². The van der Waals surface area contributed by atoms with Crippen molar-refractivity contribution in [1.29, 1.82) is 0 Å². The fourth-order valence-electron chi connectivity index (χ4n) is 8.39. The zero-order valence-corrected chi connectivity index (χ0v) is 32.5. The van der Waals surface area contributed by atoms with E-state index >= 15 is 0 Å². The van der Waals surface area contributed by atoms with E-state index in [4.69, 9.17) is 4.74 Å². The highest BCUT2D eigenvalue weighted by atomic mass is 16.6. The van der Waals surface area contributed by atoms with Crippen LogP contribution in [-0.2, 0) is 36.9 Å². The molecule has 6 rings (SSSR count). The molecule has 7 amide bonds. The number of nitrogens with one attached hydrogen (secondary N) is 5. The molecule has 0 aromatic heterocycles. The van der Waals surface area contributed by atoms with Gasteiger partial charge in [0.2, 0.25) is 17.7 Å². The second-order valence-electron chi connectivity index (χ2n) is 16.0. The molecule has 3 aliphatic heterocycles. The summed E-state index contributed by atoms with van der Waals surface area (Å²) in [7, 11) is 1.54. The van der Waals surface area contributed by atoms with Crippen LogP contribution >= 0.6 is 0 Å².